The Kier molecular flexibility index (Phi) is 3.31. The normalized spacial score (nSPS) is 9.69. The molecule has 0 radical (unpaired) electrons. The van der Waals surface area contributed by atoms with Gasteiger partial charge >= 0.3 is 0 Å². The van der Waals surface area contributed by atoms with E-state index in [1.165, 1.54) is 7.11 Å². The molecule has 5 heteroatoms. The van der Waals surface area contributed by atoms with Crippen molar-refractivity contribution in [3.05, 3.63) is 12.1 Å². The number of pyridine rings is 1. The summed E-state index contributed by atoms with van der Waals surface area (Å²) >= 11 is 0. The molecule has 0 unspecified atom stereocenters. The molecule has 0 aliphatic carbocycles. The lowest BCUT2D eigenvalue weighted by atomic mass is 10.4. The number of rotatable bonds is 4. The summed E-state index contributed by atoms with van der Waals surface area (Å²) in [6.45, 7) is -0.561. The Morgan fingerprint density at radius 2 is 2.31 bits per heavy atom. The van der Waals surface area contributed by atoms with Gasteiger partial charge in [0, 0.05) is 6.07 Å². The quantitative estimate of drug-likeness (QED) is 0.762. The zero-order valence-electron chi connectivity index (χ0n) is 7.29. The molecule has 0 aliphatic heterocycles. The van der Waals surface area contributed by atoms with Gasteiger partial charge in [0.1, 0.15) is 13.3 Å². The summed E-state index contributed by atoms with van der Waals surface area (Å²) < 4.78 is 21.5. The number of alkyl halides is 1. The first kappa shape index (κ1) is 9.57. The van der Waals surface area contributed by atoms with Gasteiger partial charge in [-0.25, -0.2) is 4.39 Å². The number of methoxy groups -OCH3 is 1. The van der Waals surface area contributed by atoms with Gasteiger partial charge in [-0.2, -0.15) is 4.98 Å². The topological polar surface area (TPSA) is 57.4 Å². The lowest BCUT2D eigenvalue weighted by molar-refractivity contribution is 0.261. The van der Waals surface area contributed by atoms with Crippen molar-refractivity contribution in [2.24, 2.45) is 0 Å². The van der Waals surface area contributed by atoms with Crippen LogP contribution in [0, 0.1) is 0 Å². The molecule has 1 rings (SSSR count). The second-order valence-corrected chi connectivity index (χ2v) is 2.29. The number of nitrogens with zero attached hydrogens (tertiary/aromatic N) is 1. The van der Waals surface area contributed by atoms with Crippen molar-refractivity contribution >= 4 is 5.69 Å². The third-order valence-electron chi connectivity index (χ3n) is 1.38. The number of aromatic nitrogens is 1. The Hall–Kier alpha value is -1.52. The largest absolute Gasteiger partial charge is 0.479 e. The predicted molar refractivity (Wildman–Crippen MR) is 46.7 cm³/mol. The number of hydrogen-bond donors (Lipinski definition) is 1. The summed E-state index contributed by atoms with van der Waals surface area (Å²) in [7, 11) is 1.46. The summed E-state index contributed by atoms with van der Waals surface area (Å²) in [6, 6.07) is 3.16. The molecule has 1 heterocycles. The van der Waals surface area contributed by atoms with E-state index in [0.29, 0.717) is 11.6 Å². The lowest BCUT2D eigenvalue weighted by Crippen LogP contribution is -2.02. The zero-order chi connectivity index (χ0) is 9.68. The third-order valence-corrected chi connectivity index (χ3v) is 1.38. The summed E-state index contributed by atoms with van der Waals surface area (Å²) in [5.41, 5.74) is 5.94. The Morgan fingerprint density at radius 1 is 1.54 bits per heavy atom. The van der Waals surface area contributed by atoms with Gasteiger partial charge in [0.05, 0.1) is 12.8 Å². The van der Waals surface area contributed by atoms with Crippen LogP contribution >= 0.6 is 0 Å². The molecular weight excluding hydrogens is 175 g/mol. The molecule has 0 fully saturated rings. The van der Waals surface area contributed by atoms with Crippen LogP contribution in [-0.4, -0.2) is 25.4 Å². The highest BCUT2D eigenvalue weighted by molar-refractivity contribution is 5.49. The van der Waals surface area contributed by atoms with Crippen LogP contribution in [0.25, 0.3) is 0 Å². The molecule has 0 spiro atoms. The van der Waals surface area contributed by atoms with E-state index >= 15 is 0 Å². The first-order chi connectivity index (χ1) is 6.27. The molecule has 72 valence electrons. The molecule has 2 N–H and O–H groups in total. The second-order valence-electron chi connectivity index (χ2n) is 2.29. The van der Waals surface area contributed by atoms with Crippen molar-refractivity contribution in [2.75, 3.05) is 26.1 Å². The van der Waals surface area contributed by atoms with E-state index in [9.17, 15) is 4.39 Å². The van der Waals surface area contributed by atoms with Gasteiger partial charge in [-0.15, -0.1) is 0 Å². The van der Waals surface area contributed by atoms with E-state index in [4.69, 9.17) is 15.2 Å². The summed E-state index contributed by atoms with van der Waals surface area (Å²) in [5.74, 6) is 0.597. The van der Waals surface area contributed by atoms with Crippen LogP contribution < -0.4 is 15.2 Å². The highest BCUT2D eigenvalue weighted by Gasteiger charge is 2.02. The van der Waals surface area contributed by atoms with Crippen LogP contribution in [0.1, 0.15) is 0 Å². The molecule has 0 saturated carbocycles. The molecule has 0 atom stereocenters. The summed E-state index contributed by atoms with van der Waals surface area (Å²) in [6.07, 6.45) is 0. The van der Waals surface area contributed by atoms with E-state index < -0.39 is 6.67 Å². The first-order valence-corrected chi connectivity index (χ1v) is 3.77. The van der Waals surface area contributed by atoms with E-state index in [1.54, 1.807) is 12.1 Å². The lowest BCUT2D eigenvalue weighted by Gasteiger charge is -2.06. The van der Waals surface area contributed by atoms with Gasteiger partial charge in [-0.1, -0.05) is 0 Å². The van der Waals surface area contributed by atoms with E-state index in [1.807, 2.05) is 0 Å². The zero-order valence-corrected chi connectivity index (χ0v) is 7.29. The molecule has 0 bridgehead atoms. The molecule has 13 heavy (non-hydrogen) atoms. The van der Waals surface area contributed by atoms with Crippen LogP contribution in [0.5, 0.6) is 11.8 Å². The van der Waals surface area contributed by atoms with Crippen molar-refractivity contribution in [1.82, 2.24) is 4.98 Å². The fourth-order valence-electron chi connectivity index (χ4n) is 0.821. The molecule has 0 amide bonds. The van der Waals surface area contributed by atoms with Gasteiger partial charge in [0.25, 0.3) is 0 Å². The maximum absolute atomic E-state index is 11.7. The molecule has 1 aromatic heterocycles. The second kappa shape index (κ2) is 4.49. The summed E-state index contributed by atoms with van der Waals surface area (Å²) in [5, 5.41) is 0. The average molecular weight is 186 g/mol. The molecule has 0 aromatic carbocycles. The summed E-state index contributed by atoms with van der Waals surface area (Å²) in [4.78, 5) is 3.89. The molecule has 0 aliphatic rings. The Bertz CT molecular complexity index is 281. The Balaban J connectivity index is 2.74. The van der Waals surface area contributed by atoms with Crippen molar-refractivity contribution in [2.45, 2.75) is 0 Å². The highest BCUT2D eigenvalue weighted by atomic mass is 19.1. The highest BCUT2D eigenvalue weighted by Crippen LogP contribution is 2.21. The van der Waals surface area contributed by atoms with Crippen molar-refractivity contribution < 1.29 is 13.9 Å². The fourth-order valence-corrected chi connectivity index (χ4v) is 0.821. The Labute approximate surface area is 75.5 Å². The van der Waals surface area contributed by atoms with Crippen LogP contribution in [0.4, 0.5) is 10.1 Å². The standard InChI is InChI=1S/C8H11FN2O2/c1-12-8-6(10)2-3-7(11-8)13-5-4-9/h2-3H,4-5,10H2,1H3. The molecular formula is C8H11FN2O2. The van der Waals surface area contributed by atoms with Crippen LogP contribution in [0.3, 0.4) is 0 Å². The number of nitrogens with two attached hydrogens (primary N) is 1. The fraction of sp³-hybridized carbons (Fsp3) is 0.375. The monoisotopic (exact) mass is 186 g/mol. The molecule has 0 saturated heterocycles. The number of nitrogen functional groups attached to an aromatic ring is 1. The van der Waals surface area contributed by atoms with Gasteiger partial charge in [0.2, 0.25) is 11.8 Å². The number of ether oxygens (including phenoxy) is 2. The Morgan fingerprint density at radius 3 is 2.92 bits per heavy atom. The van der Waals surface area contributed by atoms with Gasteiger partial charge in [-0.05, 0) is 6.07 Å². The van der Waals surface area contributed by atoms with Crippen molar-refractivity contribution in [3.63, 3.8) is 0 Å². The van der Waals surface area contributed by atoms with Crippen LogP contribution in [0.15, 0.2) is 12.1 Å². The SMILES string of the molecule is COc1nc(OCCF)ccc1N. The minimum absolute atomic E-state index is 0.0138. The van der Waals surface area contributed by atoms with Gasteiger partial charge < -0.3 is 15.2 Å². The minimum Gasteiger partial charge on any atom is -0.479 e. The number of hydrogen-bond acceptors (Lipinski definition) is 4. The maximum atomic E-state index is 11.7. The first-order valence-electron chi connectivity index (χ1n) is 3.77. The van der Waals surface area contributed by atoms with Crippen molar-refractivity contribution in [3.8, 4) is 11.8 Å². The molecule has 4 nitrogen and oxygen atoms in total. The smallest absolute Gasteiger partial charge is 0.240 e. The van der Waals surface area contributed by atoms with E-state index in [2.05, 4.69) is 4.98 Å². The molecule has 1 aromatic rings. The predicted octanol–water partition coefficient (Wildman–Crippen LogP) is 1.02. The third kappa shape index (κ3) is 2.47. The van der Waals surface area contributed by atoms with Crippen LogP contribution in [-0.2, 0) is 0 Å². The minimum atomic E-state index is -0.547. The number of anilines is 1. The number of halogens is 1. The van der Waals surface area contributed by atoms with Gasteiger partial charge in [0.15, 0.2) is 0 Å². The maximum Gasteiger partial charge on any atom is 0.240 e. The van der Waals surface area contributed by atoms with Gasteiger partial charge in [-0.3, -0.25) is 0 Å². The van der Waals surface area contributed by atoms with Crippen molar-refractivity contribution in [1.29, 1.82) is 0 Å². The average Bonchev–Trinajstić information content (AvgIpc) is 2.16. The van der Waals surface area contributed by atoms with E-state index in [-0.39, 0.29) is 12.5 Å². The van der Waals surface area contributed by atoms with E-state index in [0.717, 1.165) is 0 Å². The van der Waals surface area contributed by atoms with Crippen LogP contribution in [0.2, 0.25) is 0 Å².